The molecule has 5 heteroatoms. The first-order valence-corrected chi connectivity index (χ1v) is 5.91. The molecule has 0 heterocycles. The summed E-state index contributed by atoms with van der Waals surface area (Å²) in [6, 6.07) is 3.62. The normalized spacial score (nSPS) is 10.4. The molecule has 1 rings (SSSR count). The predicted molar refractivity (Wildman–Crippen MR) is 64.0 cm³/mol. The SMILES string of the molecule is CCN(CCO)C(=O)CCc1ccc(F)c(F)c1. The lowest BCUT2D eigenvalue weighted by Gasteiger charge is -2.19. The number of amides is 1. The molecular formula is C13H17F2NO2. The summed E-state index contributed by atoms with van der Waals surface area (Å²) < 4.78 is 25.6. The Morgan fingerprint density at radius 3 is 2.61 bits per heavy atom. The number of aryl methyl sites for hydroxylation is 1. The summed E-state index contributed by atoms with van der Waals surface area (Å²) in [7, 11) is 0. The Morgan fingerprint density at radius 2 is 2.06 bits per heavy atom. The highest BCUT2D eigenvalue weighted by molar-refractivity contribution is 5.76. The molecule has 1 aromatic rings. The third-order valence-electron chi connectivity index (χ3n) is 2.72. The van der Waals surface area contributed by atoms with E-state index in [1.165, 1.54) is 11.0 Å². The first-order chi connectivity index (χ1) is 8.58. The van der Waals surface area contributed by atoms with Crippen LogP contribution in [0.25, 0.3) is 0 Å². The van der Waals surface area contributed by atoms with Crippen LogP contribution in [-0.2, 0) is 11.2 Å². The van der Waals surface area contributed by atoms with Gasteiger partial charge in [0, 0.05) is 19.5 Å². The van der Waals surface area contributed by atoms with Gasteiger partial charge in [0.2, 0.25) is 5.91 Å². The number of carbonyl (C=O) groups excluding carboxylic acids is 1. The van der Waals surface area contributed by atoms with Crippen molar-refractivity contribution in [2.24, 2.45) is 0 Å². The van der Waals surface area contributed by atoms with Crippen molar-refractivity contribution in [3.05, 3.63) is 35.4 Å². The van der Waals surface area contributed by atoms with Crippen LogP contribution in [-0.4, -0.2) is 35.6 Å². The molecule has 100 valence electrons. The van der Waals surface area contributed by atoms with Crippen LogP contribution in [0.15, 0.2) is 18.2 Å². The van der Waals surface area contributed by atoms with E-state index >= 15 is 0 Å². The number of rotatable bonds is 6. The van der Waals surface area contributed by atoms with E-state index in [-0.39, 0.29) is 18.9 Å². The van der Waals surface area contributed by atoms with Crippen LogP contribution in [0, 0.1) is 11.6 Å². The number of benzene rings is 1. The average molecular weight is 257 g/mol. The summed E-state index contributed by atoms with van der Waals surface area (Å²) in [6.45, 7) is 2.57. The third-order valence-corrected chi connectivity index (χ3v) is 2.72. The second-order valence-corrected chi connectivity index (χ2v) is 3.95. The smallest absolute Gasteiger partial charge is 0.222 e. The molecule has 0 bridgehead atoms. The van der Waals surface area contributed by atoms with E-state index in [4.69, 9.17) is 5.11 Å². The number of likely N-dealkylation sites (N-methyl/N-ethyl adjacent to an activating group) is 1. The average Bonchev–Trinajstić information content (AvgIpc) is 2.37. The van der Waals surface area contributed by atoms with Crippen molar-refractivity contribution in [2.75, 3.05) is 19.7 Å². The summed E-state index contributed by atoms with van der Waals surface area (Å²) in [5, 5.41) is 8.78. The first-order valence-electron chi connectivity index (χ1n) is 5.91. The van der Waals surface area contributed by atoms with Gasteiger partial charge in [-0.1, -0.05) is 6.07 Å². The molecule has 0 aliphatic heterocycles. The molecule has 0 saturated heterocycles. The second kappa shape index (κ2) is 7.06. The summed E-state index contributed by atoms with van der Waals surface area (Å²) in [4.78, 5) is 13.3. The Hall–Kier alpha value is -1.49. The van der Waals surface area contributed by atoms with Gasteiger partial charge in [-0.15, -0.1) is 0 Å². The van der Waals surface area contributed by atoms with Gasteiger partial charge in [0.05, 0.1) is 6.61 Å². The monoisotopic (exact) mass is 257 g/mol. The number of hydrogen-bond acceptors (Lipinski definition) is 2. The zero-order chi connectivity index (χ0) is 13.5. The maximum absolute atomic E-state index is 12.9. The van der Waals surface area contributed by atoms with Crippen molar-refractivity contribution < 1.29 is 18.7 Å². The lowest BCUT2D eigenvalue weighted by Crippen LogP contribution is -2.33. The molecule has 0 aliphatic rings. The Balaban J connectivity index is 2.53. The van der Waals surface area contributed by atoms with Crippen molar-refractivity contribution in [3.63, 3.8) is 0 Å². The van der Waals surface area contributed by atoms with Gasteiger partial charge in [-0.05, 0) is 31.0 Å². The van der Waals surface area contributed by atoms with E-state index in [1.54, 1.807) is 0 Å². The molecule has 0 aromatic heterocycles. The predicted octanol–water partition coefficient (Wildman–Crippen LogP) is 1.74. The standard InChI is InChI=1S/C13H17F2NO2/c1-2-16(7-8-17)13(18)6-4-10-3-5-11(14)12(15)9-10/h3,5,9,17H,2,4,6-8H2,1H3. The number of aliphatic hydroxyl groups excluding tert-OH is 1. The van der Waals surface area contributed by atoms with Crippen molar-refractivity contribution in [1.82, 2.24) is 4.90 Å². The Labute approximate surface area is 105 Å². The highest BCUT2D eigenvalue weighted by atomic mass is 19.2. The molecule has 0 atom stereocenters. The quantitative estimate of drug-likeness (QED) is 0.843. The Bertz CT molecular complexity index is 410. The van der Waals surface area contributed by atoms with E-state index in [0.717, 1.165) is 12.1 Å². The molecule has 18 heavy (non-hydrogen) atoms. The van der Waals surface area contributed by atoms with Gasteiger partial charge in [-0.3, -0.25) is 4.79 Å². The minimum Gasteiger partial charge on any atom is -0.395 e. The van der Waals surface area contributed by atoms with Gasteiger partial charge in [0.1, 0.15) is 0 Å². The van der Waals surface area contributed by atoms with Crippen molar-refractivity contribution in [3.8, 4) is 0 Å². The van der Waals surface area contributed by atoms with E-state index in [9.17, 15) is 13.6 Å². The van der Waals surface area contributed by atoms with E-state index in [2.05, 4.69) is 0 Å². The zero-order valence-corrected chi connectivity index (χ0v) is 10.3. The molecule has 3 nitrogen and oxygen atoms in total. The Kier molecular flexibility index (Phi) is 5.71. The van der Waals surface area contributed by atoms with Gasteiger partial charge >= 0.3 is 0 Å². The maximum Gasteiger partial charge on any atom is 0.222 e. The molecule has 0 aliphatic carbocycles. The molecule has 1 amide bonds. The number of hydrogen-bond donors (Lipinski definition) is 1. The number of aliphatic hydroxyl groups is 1. The fraction of sp³-hybridized carbons (Fsp3) is 0.462. The highest BCUT2D eigenvalue weighted by Crippen LogP contribution is 2.11. The molecule has 1 N–H and O–H groups in total. The fourth-order valence-corrected chi connectivity index (χ4v) is 1.68. The van der Waals surface area contributed by atoms with E-state index in [0.29, 0.717) is 25.1 Å². The third kappa shape index (κ3) is 4.07. The second-order valence-electron chi connectivity index (χ2n) is 3.95. The molecular weight excluding hydrogens is 240 g/mol. The first kappa shape index (κ1) is 14.6. The fourth-order valence-electron chi connectivity index (χ4n) is 1.68. The molecule has 0 saturated carbocycles. The highest BCUT2D eigenvalue weighted by Gasteiger charge is 2.11. The number of halogens is 2. The van der Waals surface area contributed by atoms with E-state index < -0.39 is 11.6 Å². The van der Waals surface area contributed by atoms with Crippen LogP contribution in [0.2, 0.25) is 0 Å². The summed E-state index contributed by atoms with van der Waals surface area (Å²) in [5.74, 6) is -1.89. The topological polar surface area (TPSA) is 40.5 Å². The molecule has 0 fully saturated rings. The molecule has 0 unspecified atom stereocenters. The summed E-state index contributed by atoms with van der Waals surface area (Å²) in [6.07, 6.45) is 0.580. The zero-order valence-electron chi connectivity index (χ0n) is 10.3. The molecule has 0 spiro atoms. The number of carbonyl (C=O) groups is 1. The largest absolute Gasteiger partial charge is 0.395 e. The van der Waals surface area contributed by atoms with Crippen LogP contribution in [0.4, 0.5) is 8.78 Å². The molecule has 0 radical (unpaired) electrons. The minimum atomic E-state index is -0.900. The van der Waals surface area contributed by atoms with E-state index in [1.807, 2.05) is 6.92 Å². The van der Waals surface area contributed by atoms with Gasteiger partial charge < -0.3 is 10.0 Å². The van der Waals surface area contributed by atoms with Gasteiger partial charge in [0.25, 0.3) is 0 Å². The van der Waals surface area contributed by atoms with Crippen LogP contribution in [0.3, 0.4) is 0 Å². The van der Waals surface area contributed by atoms with Crippen LogP contribution in [0.5, 0.6) is 0 Å². The molecule has 1 aromatic carbocycles. The van der Waals surface area contributed by atoms with Gasteiger partial charge in [0.15, 0.2) is 11.6 Å². The van der Waals surface area contributed by atoms with Crippen LogP contribution in [0.1, 0.15) is 18.9 Å². The van der Waals surface area contributed by atoms with Crippen LogP contribution >= 0.6 is 0 Å². The maximum atomic E-state index is 12.9. The number of nitrogens with zero attached hydrogens (tertiary/aromatic N) is 1. The van der Waals surface area contributed by atoms with Crippen molar-refractivity contribution >= 4 is 5.91 Å². The lowest BCUT2D eigenvalue weighted by molar-refractivity contribution is -0.131. The van der Waals surface area contributed by atoms with Crippen LogP contribution < -0.4 is 0 Å². The lowest BCUT2D eigenvalue weighted by atomic mass is 10.1. The summed E-state index contributed by atoms with van der Waals surface area (Å²) >= 11 is 0. The van der Waals surface area contributed by atoms with Crippen molar-refractivity contribution in [2.45, 2.75) is 19.8 Å². The summed E-state index contributed by atoms with van der Waals surface area (Å²) in [5.41, 5.74) is 0.585. The van der Waals surface area contributed by atoms with Crippen molar-refractivity contribution in [1.29, 1.82) is 0 Å². The Morgan fingerprint density at radius 1 is 1.33 bits per heavy atom. The van der Waals surface area contributed by atoms with Gasteiger partial charge in [-0.2, -0.15) is 0 Å². The van der Waals surface area contributed by atoms with Gasteiger partial charge in [-0.25, -0.2) is 8.78 Å². The minimum absolute atomic E-state index is 0.0786.